The molecule has 0 spiro atoms. The lowest BCUT2D eigenvalue weighted by atomic mass is 10.2. The van der Waals surface area contributed by atoms with Crippen molar-refractivity contribution in [3.8, 4) is 0 Å². The van der Waals surface area contributed by atoms with Gasteiger partial charge in [0.15, 0.2) is 5.78 Å². The summed E-state index contributed by atoms with van der Waals surface area (Å²) in [5.74, 6) is 0.113. The highest BCUT2D eigenvalue weighted by Gasteiger charge is 1.90. The van der Waals surface area contributed by atoms with Crippen molar-refractivity contribution in [2.75, 3.05) is 0 Å². The summed E-state index contributed by atoms with van der Waals surface area (Å²) < 4.78 is 0. The number of hydrogen-bond donors (Lipinski definition) is 0. The molecule has 0 radical (unpaired) electrons. The molecule has 0 N–H and O–H groups in total. The number of ketones is 1. The third kappa shape index (κ3) is 14.3. The van der Waals surface area contributed by atoms with E-state index in [0.29, 0.717) is 6.42 Å². The van der Waals surface area contributed by atoms with E-state index in [1.807, 2.05) is 0 Å². The number of carbonyl (C=O) groups is 1. The fourth-order valence-electron chi connectivity index (χ4n) is 1.43. The molecule has 0 rings (SSSR count). The molecular formula is C18H26O. The van der Waals surface area contributed by atoms with Crippen molar-refractivity contribution in [3.63, 3.8) is 0 Å². The van der Waals surface area contributed by atoms with Crippen LogP contribution in [0.2, 0.25) is 0 Å². The van der Waals surface area contributed by atoms with Gasteiger partial charge in [-0.05, 0) is 38.2 Å². The van der Waals surface area contributed by atoms with Crippen LogP contribution in [-0.2, 0) is 4.79 Å². The van der Waals surface area contributed by atoms with E-state index in [4.69, 9.17) is 0 Å². The van der Waals surface area contributed by atoms with Gasteiger partial charge in [0.2, 0.25) is 0 Å². The van der Waals surface area contributed by atoms with E-state index in [0.717, 1.165) is 32.1 Å². The Hall–Kier alpha value is -1.63. The molecule has 0 heterocycles. The Balaban J connectivity index is 3.48. The van der Waals surface area contributed by atoms with Gasteiger partial charge in [-0.25, -0.2) is 0 Å². The fraction of sp³-hybridized carbons (Fsp3) is 0.389. The summed E-state index contributed by atoms with van der Waals surface area (Å²) in [6.07, 6.45) is 24.0. The summed E-state index contributed by atoms with van der Waals surface area (Å²) in [5, 5.41) is 0. The van der Waals surface area contributed by atoms with Crippen molar-refractivity contribution in [3.05, 3.63) is 61.3 Å². The van der Waals surface area contributed by atoms with Gasteiger partial charge in [-0.3, -0.25) is 4.79 Å². The first kappa shape index (κ1) is 17.4. The van der Waals surface area contributed by atoms with Gasteiger partial charge < -0.3 is 0 Å². The Labute approximate surface area is 118 Å². The van der Waals surface area contributed by atoms with Crippen molar-refractivity contribution >= 4 is 5.78 Å². The van der Waals surface area contributed by atoms with Crippen molar-refractivity contribution in [2.24, 2.45) is 0 Å². The van der Waals surface area contributed by atoms with Crippen molar-refractivity contribution in [1.82, 2.24) is 0 Å². The van der Waals surface area contributed by atoms with Crippen LogP contribution in [-0.4, -0.2) is 5.78 Å². The van der Waals surface area contributed by atoms with Crippen LogP contribution in [0.15, 0.2) is 61.3 Å². The topological polar surface area (TPSA) is 17.1 Å². The Morgan fingerprint density at radius 3 is 1.79 bits per heavy atom. The molecule has 0 unspecified atom stereocenters. The second-order valence-corrected chi connectivity index (χ2v) is 4.21. The summed E-state index contributed by atoms with van der Waals surface area (Å²) in [6.45, 7) is 5.59. The number of hydrogen-bond acceptors (Lipinski definition) is 1. The summed E-state index contributed by atoms with van der Waals surface area (Å²) in [6, 6.07) is 0. The van der Waals surface area contributed by atoms with Crippen LogP contribution in [0, 0.1) is 0 Å². The number of rotatable bonds is 11. The van der Waals surface area contributed by atoms with Gasteiger partial charge in [-0.2, -0.15) is 0 Å². The maximum absolute atomic E-state index is 10.9. The third-order valence-electron chi connectivity index (χ3n) is 2.50. The Bertz CT molecular complexity index is 343. The van der Waals surface area contributed by atoms with Gasteiger partial charge >= 0.3 is 0 Å². The minimum absolute atomic E-state index is 0.113. The highest BCUT2D eigenvalue weighted by atomic mass is 16.1. The maximum atomic E-state index is 10.9. The van der Waals surface area contributed by atoms with Crippen molar-refractivity contribution in [2.45, 2.75) is 45.4 Å². The van der Waals surface area contributed by atoms with Crippen molar-refractivity contribution in [1.29, 1.82) is 0 Å². The zero-order chi connectivity index (χ0) is 14.2. The van der Waals surface area contributed by atoms with Crippen LogP contribution in [0.4, 0.5) is 0 Å². The molecule has 0 aromatic rings. The standard InChI is InChI=1S/C18H26O/c1-3-5-6-7-8-9-10-11-12-13-14-15-16-17-18(19)4-2/h4-6,8-9,11-12,14-15H,2-3,7,10,13,16-17H2,1H3. The molecule has 0 aliphatic carbocycles. The predicted molar refractivity (Wildman–Crippen MR) is 85.1 cm³/mol. The average molecular weight is 258 g/mol. The lowest BCUT2D eigenvalue weighted by Gasteiger charge is -1.88. The normalized spacial score (nSPS) is 12.3. The van der Waals surface area contributed by atoms with Crippen LogP contribution in [0.25, 0.3) is 0 Å². The SMILES string of the molecule is C=CC(=O)CCC=CCC=CCC=CCC=CCC. The van der Waals surface area contributed by atoms with Crippen molar-refractivity contribution < 1.29 is 4.79 Å². The molecule has 0 aliphatic rings. The van der Waals surface area contributed by atoms with Crippen LogP contribution in [0.5, 0.6) is 0 Å². The Morgan fingerprint density at radius 2 is 1.32 bits per heavy atom. The van der Waals surface area contributed by atoms with Gasteiger partial charge in [0.05, 0.1) is 0 Å². The molecule has 1 heteroatoms. The molecule has 19 heavy (non-hydrogen) atoms. The van der Waals surface area contributed by atoms with E-state index in [1.54, 1.807) is 0 Å². The molecule has 0 saturated carbocycles. The van der Waals surface area contributed by atoms with E-state index in [-0.39, 0.29) is 5.78 Å². The minimum Gasteiger partial charge on any atom is -0.295 e. The molecule has 104 valence electrons. The van der Waals surface area contributed by atoms with E-state index in [9.17, 15) is 4.79 Å². The summed E-state index contributed by atoms with van der Waals surface area (Å²) in [7, 11) is 0. The predicted octanol–water partition coefficient (Wildman–Crippen LogP) is 5.33. The molecule has 0 atom stereocenters. The molecule has 1 nitrogen and oxygen atoms in total. The van der Waals surface area contributed by atoms with Gasteiger partial charge in [-0.1, -0.05) is 62.1 Å². The smallest absolute Gasteiger partial charge is 0.155 e. The van der Waals surface area contributed by atoms with Crippen LogP contribution in [0.3, 0.4) is 0 Å². The lowest BCUT2D eigenvalue weighted by Crippen LogP contribution is -1.88. The Morgan fingerprint density at radius 1 is 0.842 bits per heavy atom. The molecule has 0 fully saturated rings. The highest BCUT2D eigenvalue weighted by molar-refractivity contribution is 5.89. The summed E-state index contributed by atoms with van der Waals surface area (Å²) in [5.41, 5.74) is 0. The molecule has 0 bridgehead atoms. The van der Waals surface area contributed by atoms with Crippen LogP contribution in [0.1, 0.15) is 45.4 Å². The third-order valence-corrected chi connectivity index (χ3v) is 2.50. The minimum atomic E-state index is 0.113. The van der Waals surface area contributed by atoms with E-state index in [1.165, 1.54) is 6.08 Å². The summed E-state index contributed by atoms with van der Waals surface area (Å²) in [4.78, 5) is 10.9. The van der Waals surface area contributed by atoms with Crippen LogP contribution < -0.4 is 0 Å². The monoisotopic (exact) mass is 258 g/mol. The highest BCUT2D eigenvalue weighted by Crippen LogP contribution is 1.97. The van der Waals surface area contributed by atoms with Gasteiger partial charge in [0.1, 0.15) is 0 Å². The van der Waals surface area contributed by atoms with Crippen LogP contribution >= 0.6 is 0 Å². The first-order valence-corrected chi connectivity index (χ1v) is 7.06. The van der Waals surface area contributed by atoms with E-state index >= 15 is 0 Å². The maximum Gasteiger partial charge on any atom is 0.155 e. The molecule has 0 amide bonds. The lowest BCUT2D eigenvalue weighted by molar-refractivity contribution is -0.114. The zero-order valence-corrected chi connectivity index (χ0v) is 12.1. The zero-order valence-electron chi connectivity index (χ0n) is 12.1. The second-order valence-electron chi connectivity index (χ2n) is 4.21. The van der Waals surface area contributed by atoms with Gasteiger partial charge in [0, 0.05) is 6.42 Å². The second kappa shape index (κ2) is 14.4. The number of carbonyl (C=O) groups excluding carboxylic acids is 1. The first-order chi connectivity index (χ1) is 9.31. The molecule has 0 aliphatic heterocycles. The van der Waals surface area contributed by atoms with E-state index < -0.39 is 0 Å². The average Bonchev–Trinajstić information content (AvgIpc) is 2.43. The molecule has 0 saturated heterocycles. The molecule has 0 aromatic carbocycles. The Kier molecular flexibility index (Phi) is 13.2. The quantitative estimate of drug-likeness (QED) is 0.362. The first-order valence-electron chi connectivity index (χ1n) is 7.06. The molecular weight excluding hydrogens is 232 g/mol. The van der Waals surface area contributed by atoms with Gasteiger partial charge in [-0.15, -0.1) is 0 Å². The van der Waals surface area contributed by atoms with Gasteiger partial charge in [0.25, 0.3) is 0 Å². The molecule has 0 aromatic heterocycles. The fourth-order valence-corrected chi connectivity index (χ4v) is 1.43. The summed E-state index contributed by atoms with van der Waals surface area (Å²) >= 11 is 0. The van der Waals surface area contributed by atoms with E-state index in [2.05, 4.69) is 62.1 Å². The largest absolute Gasteiger partial charge is 0.295 e. The number of allylic oxidation sites excluding steroid dienone is 9.